The molecule has 5 unspecified atom stereocenters. The molecule has 0 spiro atoms. The summed E-state index contributed by atoms with van der Waals surface area (Å²) in [6, 6.07) is 0. The van der Waals surface area contributed by atoms with Crippen LogP contribution >= 0.6 is 0 Å². The fourth-order valence-corrected chi connectivity index (χ4v) is 1.32. The van der Waals surface area contributed by atoms with Crippen LogP contribution < -0.4 is 0 Å². The quantitative estimate of drug-likeness (QED) is 0.170. The summed E-state index contributed by atoms with van der Waals surface area (Å²) in [5, 5.41) is 45.7. The van der Waals surface area contributed by atoms with E-state index in [0.717, 1.165) is 6.08 Å². The Morgan fingerprint density at radius 2 is 1.68 bits per heavy atom. The molecule has 0 aliphatic rings. The van der Waals surface area contributed by atoms with Gasteiger partial charge in [-0.3, -0.25) is 4.79 Å². The Balaban J connectivity index is 5.12. The average molecular weight is 320 g/mol. The van der Waals surface area contributed by atoms with Crippen molar-refractivity contribution in [3.8, 4) is 0 Å². The summed E-state index contributed by atoms with van der Waals surface area (Å²) in [5.74, 6) is -2.40. The second-order valence-electron chi connectivity index (χ2n) is 4.63. The van der Waals surface area contributed by atoms with Crippen molar-refractivity contribution in [2.75, 3.05) is 6.61 Å². The van der Waals surface area contributed by atoms with Gasteiger partial charge < -0.3 is 35.1 Å². The molecule has 0 aromatic rings. The number of aldehydes is 1. The molecule has 5 N–H and O–H groups in total. The highest BCUT2D eigenvalue weighted by atomic mass is 16.6. The Kier molecular flexibility index (Phi) is 8.68. The first-order chi connectivity index (χ1) is 10.1. The normalized spacial score (nSPS) is 18.8. The lowest BCUT2D eigenvalue weighted by atomic mass is 10.1. The van der Waals surface area contributed by atoms with Crippen molar-refractivity contribution in [3.63, 3.8) is 0 Å². The highest BCUT2D eigenvalue weighted by Crippen LogP contribution is 2.09. The lowest BCUT2D eigenvalue weighted by Crippen LogP contribution is -2.45. The van der Waals surface area contributed by atoms with Gasteiger partial charge in [0.1, 0.15) is 6.10 Å². The summed E-state index contributed by atoms with van der Waals surface area (Å²) in [6.45, 7) is 1.51. The minimum atomic E-state index is -2.02. The molecule has 0 fully saturated rings. The number of aliphatic hydroxyl groups is 5. The Labute approximate surface area is 126 Å². The molecule has 22 heavy (non-hydrogen) atoms. The minimum absolute atomic E-state index is 0.0658. The van der Waals surface area contributed by atoms with Gasteiger partial charge in [-0.1, -0.05) is 0 Å². The van der Waals surface area contributed by atoms with Crippen molar-refractivity contribution in [3.05, 3.63) is 11.6 Å². The first-order valence-electron chi connectivity index (χ1n) is 6.37. The number of ether oxygens (including phenoxy) is 1. The van der Waals surface area contributed by atoms with E-state index in [-0.39, 0.29) is 11.9 Å². The van der Waals surface area contributed by atoms with Crippen LogP contribution in [-0.2, 0) is 19.1 Å². The molecule has 0 saturated heterocycles. The van der Waals surface area contributed by atoms with Gasteiger partial charge in [-0.25, -0.2) is 4.79 Å². The highest BCUT2D eigenvalue weighted by molar-refractivity contribution is 5.95. The Hall–Kier alpha value is -1.65. The molecule has 0 bridgehead atoms. The second-order valence-corrected chi connectivity index (χ2v) is 4.63. The molecule has 0 saturated carbocycles. The molecule has 0 aliphatic heterocycles. The van der Waals surface area contributed by atoms with Gasteiger partial charge in [0.2, 0.25) is 5.78 Å². The molecule has 9 nitrogen and oxygen atoms in total. The van der Waals surface area contributed by atoms with Gasteiger partial charge in [0.05, 0.1) is 18.8 Å². The average Bonchev–Trinajstić information content (AvgIpc) is 2.49. The van der Waals surface area contributed by atoms with Gasteiger partial charge >= 0.3 is 5.97 Å². The molecular formula is C13H20O9. The third-order valence-electron chi connectivity index (χ3n) is 2.70. The van der Waals surface area contributed by atoms with E-state index in [4.69, 9.17) is 10.2 Å². The molecule has 126 valence electrons. The minimum Gasteiger partial charge on any atom is -0.448 e. The van der Waals surface area contributed by atoms with E-state index < -0.39 is 48.9 Å². The molecule has 5 atom stereocenters. The number of aliphatic hydroxyl groups excluding tert-OH is 5. The van der Waals surface area contributed by atoms with Gasteiger partial charge in [-0.05, 0) is 19.9 Å². The van der Waals surface area contributed by atoms with Crippen LogP contribution in [0.25, 0.3) is 0 Å². The standard InChI is InChI=1S/C13H20O9/c1-6(3-8(17)7(2)16)13(21)22-12(10(19)5-15)11(20)9(18)4-14/h3,5,7-10,12,14,16-19H,4H2,1-2H3. The maximum Gasteiger partial charge on any atom is 0.334 e. The molecule has 0 rings (SSSR count). The van der Waals surface area contributed by atoms with Crippen molar-refractivity contribution in [2.45, 2.75) is 44.4 Å². The van der Waals surface area contributed by atoms with E-state index in [1.807, 2.05) is 0 Å². The van der Waals surface area contributed by atoms with Crippen LogP contribution in [0.1, 0.15) is 13.8 Å². The lowest BCUT2D eigenvalue weighted by molar-refractivity contribution is -0.163. The number of carbonyl (C=O) groups excluding carboxylic acids is 3. The lowest BCUT2D eigenvalue weighted by Gasteiger charge is -2.21. The van der Waals surface area contributed by atoms with Gasteiger partial charge in [0, 0.05) is 5.57 Å². The van der Waals surface area contributed by atoms with Crippen molar-refractivity contribution >= 4 is 18.0 Å². The maximum atomic E-state index is 11.7. The summed E-state index contributed by atoms with van der Waals surface area (Å²) >= 11 is 0. The first kappa shape index (κ1) is 20.3. The Morgan fingerprint density at radius 3 is 2.09 bits per heavy atom. The smallest absolute Gasteiger partial charge is 0.334 e. The number of carbonyl (C=O) groups is 3. The number of hydrogen-bond donors (Lipinski definition) is 5. The van der Waals surface area contributed by atoms with Crippen molar-refractivity contribution in [1.82, 2.24) is 0 Å². The van der Waals surface area contributed by atoms with Crippen LogP contribution in [0.5, 0.6) is 0 Å². The summed E-state index contributed by atoms with van der Waals surface area (Å²) in [7, 11) is 0. The van der Waals surface area contributed by atoms with E-state index >= 15 is 0 Å². The third kappa shape index (κ3) is 6.00. The number of hydrogen-bond acceptors (Lipinski definition) is 9. The van der Waals surface area contributed by atoms with E-state index in [2.05, 4.69) is 4.74 Å². The number of rotatable bonds is 9. The fraction of sp³-hybridized carbons (Fsp3) is 0.615. The largest absolute Gasteiger partial charge is 0.448 e. The van der Waals surface area contributed by atoms with Gasteiger partial charge in [0.25, 0.3) is 0 Å². The van der Waals surface area contributed by atoms with Crippen LogP contribution in [0, 0.1) is 0 Å². The van der Waals surface area contributed by atoms with E-state index in [1.165, 1.54) is 13.8 Å². The highest BCUT2D eigenvalue weighted by Gasteiger charge is 2.34. The molecule has 0 heterocycles. The number of esters is 1. The van der Waals surface area contributed by atoms with Crippen LogP contribution in [0.4, 0.5) is 0 Å². The van der Waals surface area contributed by atoms with Crippen LogP contribution in [-0.4, -0.2) is 80.7 Å². The summed E-state index contributed by atoms with van der Waals surface area (Å²) in [6.07, 6.45) is -7.57. The van der Waals surface area contributed by atoms with Crippen LogP contribution in [0.15, 0.2) is 11.6 Å². The van der Waals surface area contributed by atoms with Gasteiger partial charge in [0.15, 0.2) is 18.5 Å². The molecule has 0 aliphatic carbocycles. The van der Waals surface area contributed by atoms with Crippen LogP contribution in [0.2, 0.25) is 0 Å². The summed E-state index contributed by atoms with van der Waals surface area (Å²) < 4.78 is 4.63. The first-order valence-corrected chi connectivity index (χ1v) is 6.37. The Morgan fingerprint density at radius 1 is 1.14 bits per heavy atom. The zero-order valence-corrected chi connectivity index (χ0v) is 12.1. The zero-order chi connectivity index (χ0) is 17.4. The SMILES string of the molecule is CC(=CC(O)C(C)O)C(=O)OC(C(=O)C(O)CO)C(O)C=O. The number of ketones is 1. The van der Waals surface area contributed by atoms with Crippen molar-refractivity contribution < 1.29 is 44.7 Å². The maximum absolute atomic E-state index is 11.7. The summed E-state index contributed by atoms with van der Waals surface area (Å²) in [5.41, 5.74) is -0.192. The number of Topliss-reactive ketones (excluding diaryl/α,β-unsaturated/α-hetero) is 1. The van der Waals surface area contributed by atoms with Gasteiger partial charge in [-0.15, -0.1) is 0 Å². The molecule has 0 amide bonds. The molecule has 9 heteroatoms. The monoisotopic (exact) mass is 320 g/mol. The molecule has 0 aromatic heterocycles. The predicted molar refractivity (Wildman–Crippen MR) is 71.5 cm³/mol. The third-order valence-corrected chi connectivity index (χ3v) is 2.70. The predicted octanol–water partition coefficient (Wildman–Crippen LogP) is -2.93. The zero-order valence-electron chi connectivity index (χ0n) is 12.1. The molecular weight excluding hydrogens is 300 g/mol. The second kappa shape index (κ2) is 9.38. The van der Waals surface area contributed by atoms with E-state index in [1.54, 1.807) is 0 Å². The van der Waals surface area contributed by atoms with Gasteiger partial charge in [-0.2, -0.15) is 0 Å². The fourth-order valence-electron chi connectivity index (χ4n) is 1.32. The van der Waals surface area contributed by atoms with Crippen LogP contribution in [0.3, 0.4) is 0 Å². The molecule has 0 aromatic carbocycles. The molecule has 0 radical (unpaired) electrons. The summed E-state index contributed by atoms with van der Waals surface area (Å²) in [4.78, 5) is 33.9. The Bertz CT molecular complexity index is 429. The topological polar surface area (TPSA) is 162 Å². The van der Waals surface area contributed by atoms with Crippen molar-refractivity contribution in [1.29, 1.82) is 0 Å². The van der Waals surface area contributed by atoms with Crippen molar-refractivity contribution in [2.24, 2.45) is 0 Å². The van der Waals surface area contributed by atoms with E-state index in [0.29, 0.717) is 0 Å². The van der Waals surface area contributed by atoms with E-state index in [9.17, 15) is 29.7 Å².